The van der Waals surface area contributed by atoms with Crippen LogP contribution in [0.1, 0.15) is 32.8 Å². The van der Waals surface area contributed by atoms with Gasteiger partial charge in [0.25, 0.3) is 0 Å². The molecular weight excluding hydrogens is 292 g/mol. The van der Waals surface area contributed by atoms with Crippen LogP contribution < -0.4 is 10.6 Å². The SMILES string of the molecule is Cc1ccc(NCCC(=O)NC(C)(C)C)cc1Br. The summed E-state index contributed by atoms with van der Waals surface area (Å²) in [6.45, 7) is 8.63. The van der Waals surface area contributed by atoms with Crippen LogP contribution in [0, 0.1) is 6.92 Å². The normalized spacial score (nSPS) is 11.2. The Hall–Kier alpha value is -1.03. The van der Waals surface area contributed by atoms with Crippen molar-refractivity contribution >= 4 is 27.5 Å². The van der Waals surface area contributed by atoms with E-state index in [-0.39, 0.29) is 11.4 Å². The lowest BCUT2D eigenvalue weighted by atomic mass is 10.1. The van der Waals surface area contributed by atoms with Crippen LogP contribution in [0.5, 0.6) is 0 Å². The summed E-state index contributed by atoms with van der Waals surface area (Å²) >= 11 is 3.49. The van der Waals surface area contributed by atoms with Crippen LogP contribution in [0.2, 0.25) is 0 Å². The molecule has 18 heavy (non-hydrogen) atoms. The Bertz CT molecular complexity index is 424. The fraction of sp³-hybridized carbons (Fsp3) is 0.500. The van der Waals surface area contributed by atoms with E-state index < -0.39 is 0 Å². The van der Waals surface area contributed by atoms with Gasteiger partial charge in [-0.2, -0.15) is 0 Å². The molecule has 1 aromatic rings. The van der Waals surface area contributed by atoms with E-state index in [4.69, 9.17) is 0 Å². The lowest BCUT2D eigenvalue weighted by Crippen LogP contribution is -2.41. The minimum Gasteiger partial charge on any atom is -0.384 e. The van der Waals surface area contributed by atoms with Crippen LogP contribution in [0.4, 0.5) is 5.69 Å². The molecule has 0 aromatic heterocycles. The highest BCUT2D eigenvalue weighted by molar-refractivity contribution is 9.10. The van der Waals surface area contributed by atoms with Crippen molar-refractivity contribution in [2.24, 2.45) is 0 Å². The fourth-order valence-electron chi connectivity index (χ4n) is 1.50. The minimum atomic E-state index is -0.163. The Kier molecular flexibility index (Phi) is 5.20. The zero-order chi connectivity index (χ0) is 13.8. The van der Waals surface area contributed by atoms with E-state index in [0.29, 0.717) is 13.0 Å². The predicted molar refractivity (Wildman–Crippen MR) is 79.9 cm³/mol. The number of anilines is 1. The molecule has 0 saturated heterocycles. The highest BCUT2D eigenvalue weighted by Crippen LogP contribution is 2.20. The van der Waals surface area contributed by atoms with Gasteiger partial charge in [-0.05, 0) is 45.4 Å². The number of hydrogen-bond donors (Lipinski definition) is 2. The van der Waals surface area contributed by atoms with Crippen molar-refractivity contribution in [1.29, 1.82) is 0 Å². The molecule has 0 fully saturated rings. The monoisotopic (exact) mass is 312 g/mol. The second-order valence-electron chi connectivity index (χ2n) is 5.44. The lowest BCUT2D eigenvalue weighted by molar-refractivity contribution is -0.122. The summed E-state index contributed by atoms with van der Waals surface area (Å²) in [7, 11) is 0. The molecule has 3 nitrogen and oxygen atoms in total. The third-order valence-corrected chi connectivity index (χ3v) is 3.22. The molecule has 0 heterocycles. The number of rotatable bonds is 4. The van der Waals surface area contributed by atoms with Gasteiger partial charge in [0.2, 0.25) is 5.91 Å². The standard InChI is InChI=1S/C14H21BrN2O/c1-10-5-6-11(9-12(10)15)16-8-7-13(18)17-14(2,3)4/h5-6,9,16H,7-8H2,1-4H3,(H,17,18). The number of amides is 1. The van der Waals surface area contributed by atoms with Crippen molar-refractivity contribution in [3.05, 3.63) is 28.2 Å². The molecule has 0 bridgehead atoms. The van der Waals surface area contributed by atoms with Crippen molar-refractivity contribution < 1.29 is 4.79 Å². The largest absolute Gasteiger partial charge is 0.384 e. The summed E-state index contributed by atoms with van der Waals surface area (Å²) in [6.07, 6.45) is 0.475. The first-order valence-corrected chi connectivity index (χ1v) is 6.88. The number of benzene rings is 1. The molecule has 1 amide bonds. The molecule has 100 valence electrons. The van der Waals surface area contributed by atoms with E-state index >= 15 is 0 Å². The average Bonchev–Trinajstić information content (AvgIpc) is 2.20. The van der Waals surface area contributed by atoms with E-state index in [2.05, 4.69) is 26.6 Å². The smallest absolute Gasteiger partial charge is 0.222 e. The molecule has 0 radical (unpaired) electrons. The summed E-state index contributed by atoms with van der Waals surface area (Å²) in [5.74, 6) is 0.0705. The average molecular weight is 313 g/mol. The first-order valence-electron chi connectivity index (χ1n) is 6.09. The van der Waals surface area contributed by atoms with Crippen LogP contribution in [-0.2, 0) is 4.79 Å². The molecule has 0 saturated carbocycles. The van der Waals surface area contributed by atoms with Gasteiger partial charge in [-0.3, -0.25) is 4.79 Å². The van der Waals surface area contributed by atoms with E-state index in [1.165, 1.54) is 5.56 Å². The molecule has 0 aliphatic carbocycles. The van der Waals surface area contributed by atoms with Crippen molar-refractivity contribution in [3.8, 4) is 0 Å². The van der Waals surface area contributed by atoms with Gasteiger partial charge in [-0.1, -0.05) is 22.0 Å². The van der Waals surface area contributed by atoms with Crippen molar-refractivity contribution in [1.82, 2.24) is 5.32 Å². The molecule has 0 spiro atoms. The number of hydrogen-bond acceptors (Lipinski definition) is 2. The van der Waals surface area contributed by atoms with Gasteiger partial charge in [0.1, 0.15) is 0 Å². The predicted octanol–water partition coefficient (Wildman–Crippen LogP) is 3.47. The first kappa shape index (κ1) is 15.0. The van der Waals surface area contributed by atoms with Gasteiger partial charge < -0.3 is 10.6 Å². The summed E-state index contributed by atoms with van der Waals surface area (Å²) in [6, 6.07) is 6.08. The molecule has 0 aliphatic rings. The van der Waals surface area contributed by atoms with E-state index in [1.54, 1.807) is 0 Å². The molecule has 0 atom stereocenters. The Morgan fingerprint density at radius 3 is 2.56 bits per heavy atom. The maximum atomic E-state index is 11.6. The minimum absolute atomic E-state index is 0.0705. The van der Waals surface area contributed by atoms with Gasteiger partial charge in [-0.15, -0.1) is 0 Å². The maximum Gasteiger partial charge on any atom is 0.222 e. The summed E-state index contributed by atoms with van der Waals surface area (Å²) in [4.78, 5) is 11.6. The Morgan fingerprint density at radius 1 is 1.33 bits per heavy atom. The maximum absolute atomic E-state index is 11.6. The number of halogens is 1. The molecule has 4 heteroatoms. The van der Waals surface area contributed by atoms with Crippen LogP contribution in [0.25, 0.3) is 0 Å². The lowest BCUT2D eigenvalue weighted by Gasteiger charge is -2.20. The van der Waals surface area contributed by atoms with E-state index in [9.17, 15) is 4.79 Å². The molecule has 1 aromatic carbocycles. The summed E-state index contributed by atoms with van der Waals surface area (Å²) in [5.41, 5.74) is 2.06. The summed E-state index contributed by atoms with van der Waals surface area (Å²) < 4.78 is 1.08. The topological polar surface area (TPSA) is 41.1 Å². The highest BCUT2D eigenvalue weighted by Gasteiger charge is 2.12. The van der Waals surface area contributed by atoms with Crippen LogP contribution >= 0.6 is 15.9 Å². The van der Waals surface area contributed by atoms with Gasteiger partial charge in [0, 0.05) is 28.7 Å². The summed E-state index contributed by atoms with van der Waals surface area (Å²) in [5, 5.41) is 6.18. The molecule has 2 N–H and O–H groups in total. The third kappa shape index (κ3) is 5.54. The van der Waals surface area contributed by atoms with Crippen LogP contribution in [0.15, 0.2) is 22.7 Å². The molecule has 0 aliphatic heterocycles. The molecular formula is C14H21BrN2O. The Labute approximate surface area is 117 Å². The number of carbonyl (C=O) groups is 1. The quantitative estimate of drug-likeness (QED) is 0.893. The van der Waals surface area contributed by atoms with Gasteiger partial charge in [0.05, 0.1) is 0 Å². The third-order valence-electron chi connectivity index (χ3n) is 2.37. The molecule has 1 rings (SSSR count). The van der Waals surface area contributed by atoms with Gasteiger partial charge >= 0.3 is 0 Å². The second kappa shape index (κ2) is 6.23. The zero-order valence-corrected chi connectivity index (χ0v) is 13.0. The number of carbonyl (C=O) groups excluding carboxylic acids is 1. The van der Waals surface area contributed by atoms with Crippen molar-refractivity contribution in [2.45, 2.75) is 39.7 Å². The Morgan fingerprint density at radius 2 is 2.00 bits per heavy atom. The fourth-order valence-corrected chi connectivity index (χ4v) is 1.88. The van der Waals surface area contributed by atoms with Crippen molar-refractivity contribution in [2.75, 3.05) is 11.9 Å². The van der Waals surface area contributed by atoms with Crippen LogP contribution in [0.3, 0.4) is 0 Å². The Balaban J connectivity index is 2.38. The van der Waals surface area contributed by atoms with Crippen LogP contribution in [-0.4, -0.2) is 18.0 Å². The van der Waals surface area contributed by atoms with Crippen molar-refractivity contribution in [3.63, 3.8) is 0 Å². The molecule has 0 unspecified atom stereocenters. The number of aryl methyl sites for hydroxylation is 1. The zero-order valence-electron chi connectivity index (χ0n) is 11.4. The number of nitrogens with one attached hydrogen (secondary N) is 2. The van der Waals surface area contributed by atoms with Gasteiger partial charge in [-0.25, -0.2) is 0 Å². The first-order chi connectivity index (χ1) is 8.28. The van der Waals surface area contributed by atoms with E-state index in [0.717, 1.165) is 10.2 Å². The second-order valence-corrected chi connectivity index (χ2v) is 6.29. The highest BCUT2D eigenvalue weighted by atomic mass is 79.9. The van der Waals surface area contributed by atoms with E-state index in [1.807, 2.05) is 45.9 Å². The van der Waals surface area contributed by atoms with Gasteiger partial charge in [0.15, 0.2) is 0 Å².